The molecule has 1 aromatic carbocycles. The highest BCUT2D eigenvalue weighted by Crippen LogP contribution is 2.28. The first-order chi connectivity index (χ1) is 9.06. The molecule has 1 aromatic heterocycles. The van der Waals surface area contributed by atoms with Crippen LogP contribution < -0.4 is 10.3 Å². The fraction of sp³-hybridized carbons (Fsp3) is 0.333. The van der Waals surface area contributed by atoms with Gasteiger partial charge in [-0.05, 0) is 38.0 Å². The number of methoxy groups -OCH3 is 1. The van der Waals surface area contributed by atoms with Gasteiger partial charge >= 0.3 is 0 Å². The van der Waals surface area contributed by atoms with Gasteiger partial charge in [-0.25, -0.2) is 4.98 Å². The van der Waals surface area contributed by atoms with Gasteiger partial charge in [0.1, 0.15) is 11.6 Å². The minimum Gasteiger partial charge on any atom is -0.496 e. The molecule has 2 aromatic rings. The molecule has 4 heteroatoms. The van der Waals surface area contributed by atoms with Crippen molar-refractivity contribution >= 4 is 0 Å². The topological polar surface area (TPSA) is 55.0 Å². The lowest BCUT2D eigenvalue weighted by Crippen LogP contribution is -2.16. The summed E-state index contributed by atoms with van der Waals surface area (Å²) in [6.45, 7) is 5.80. The molecule has 0 unspecified atom stereocenters. The molecule has 0 aliphatic rings. The van der Waals surface area contributed by atoms with Gasteiger partial charge in [-0.15, -0.1) is 0 Å². The van der Waals surface area contributed by atoms with E-state index in [0.717, 1.165) is 22.4 Å². The molecule has 0 radical (unpaired) electrons. The monoisotopic (exact) mass is 258 g/mol. The normalized spacial score (nSPS) is 10.5. The van der Waals surface area contributed by atoms with E-state index in [2.05, 4.69) is 9.97 Å². The standard InChI is InChI=1S/C15H18N2O2/c1-5-11-10(3)16-14(17-15(11)18)12-7-6-9(2)8-13(12)19-4/h6-8H,5H2,1-4H3,(H,16,17,18). The number of aryl methyl sites for hydroxylation is 2. The van der Waals surface area contributed by atoms with E-state index in [9.17, 15) is 4.79 Å². The molecule has 0 aliphatic heterocycles. The maximum absolute atomic E-state index is 12.0. The molecule has 0 bridgehead atoms. The van der Waals surface area contributed by atoms with Crippen LogP contribution in [0.2, 0.25) is 0 Å². The van der Waals surface area contributed by atoms with Crippen molar-refractivity contribution in [3.05, 3.63) is 45.4 Å². The minimum atomic E-state index is -0.0763. The number of H-pyrrole nitrogens is 1. The van der Waals surface area contributed by atoms with E-state index in [1.807, 2.05) is 39.0 Å². The van der Waals surface area contributed by atoms with E-state index in [-0.39, 0.29) is 5.56 Å². The van der Waals surface area contributed by atoms with Crippen molar-refractivity contribution < 1.29 is 4.74 Å². The summed E-state index contributed by atoms with van der Waals surface area (Å²) < 4.78 is 5.35. The van der Waals surface area contributed by atoms with Crippen molar-refractivity contribution in [1.82, 2.24) is 9.97 Å². The number of aromatic amines is 1. The third kappa shape index (κ3) is 2.52. The molecule has 0 amide bonds. The molecule has 1 heterocycles. The van der Waals surface area contributed by atoms with Crippen molar-refractivity contribution in [2.24, 2.45) is 0 Å². The maximum Gasteiger partial charge on any atom is 0.254 e. The molecular formula is C15H18N2O2. The zero-order chi connectivity index (χ0) is 14.0. The number of nitrogens with zero attached hydrogens (tertiary/aromatic N) is 1. The first-order valence-electron chi connectivity index (χ1n) is 6.31. The van der Waals surface area contributed by atoms with Crippen molar-refractivity contribution in [3.63, 3.8) is 0 Å². The van der Waals surface area contributed by atoms with E-state index in [0.29, 0.717) is 18.0 Å². The molecule has 0 atom stereocenters. The average molecular weight is 258 g/mol. The van der Waals surface area contributed by atoms with Crippen molar-refractivity contribution in [2.45, 2.75) is 27.2 Å². The summed E-state index contributed by atoms with van der Waals surface area (Å²) in [5, 5.41) is 0. The molecule has 100 valence electrons. The third-order valence-electron chi connectivity index (χ3n) is 3.19. The van der Waals surface area contributed by atoms with E-state index in [4.69, 9.17) is 4.74 Å². The van der Waals surface area contributed by atoms with Crippen LogP contribution in [0.1, 0.15) is 23.7 Å². The second-order valence-electron chi connectivity index (χ2n) is 4.54. The second kappa shape index (κ2) is 5.26. The van der Waals surface area contributed by atoms with Crippen LogP contribution in [0, 0.1) is 13.8 Å². The second-order valence-corrected chi connectivity index (χ2v) is 4.54. The number of ether oxygens (including phenoxy) is 1. The van der Waals surface area contributed by atoms with Gasteiger partial charge in [-0.3, -0.25) is 4.79 Å². The van der Waals surface area contributed by atoms with Crippen LogP contribution in [-0.4, -0.2) is 17.1 Å². The van der Waals surface area contributed by atoms with Gasteiger partial charge in [-0.2, -0.15) is 0 Å². The van der Waals surface area contributed by atoms with Crippen LogP contribution in [0.3, 0.4) is 0 Å². The maximum atomic E-state index is 12.0. The highest BCUT2D eigenvalue weighted by Gasteiger charge is 2.11. The Balaban J connectivity index is 2.63. The van der Waals surface area contributed by atoms with Crippen LogP contribution in [0.4, 0.5) is 0 Å². The van der Waals surface area contributed by atoms with Gasteiger partial charge in [0.05, 0.1) is 12.7 Å². The Hall–Kier alpha value is -2.10. The van der Waals surface area contributed by atoms with Gasteiger partial charge in [0.15, 0.2) is 0 Å². The summed E-state index contributed by atoms with van der Waals surface area (Å²) in [6, 6.07) is 5.82. The van der Waals surface area contributed by atoms with Crippen molar-refractivity contribution in [3.8, 4) is 17.1 Å². The number of benzene rings is 1. The van der Waals surface area contributed by atoms with E-state index < -0.39 is 0 Å². The largest absolute Gasteiger partial charge is 0.496 e. The quantitative estimate of drug-likeness (QED) is 0.920. The SMILES string of the molecule is CCc1c(C)nc(-c2ccc(C)cc2OC)[nH]c1=O. The molecule has 1 N–H and O–H groups in total. The molecule has 0 saturated heterocycles. The summed E-state index contributed by atoms with van der Waals surface area (Å²) in [5.41, 5.74) is 3.33. The van der Waals surface area contributed by atoms with Crippen LogP contribution in [0.5, 0.6) is 5.75 Å². The van der Waals surface area contributed by atoms with Gasteiger partial charge in [0, 0.05) is 11.3 Å². The Morgan fingerprint density at radius 2 is 2.05 bits per heavy atom. The van der Waals surface area contributed by atoms with E-state index in [1.54, 1.807) is 7.11 Å². The Labute approximate surface area is 112 Å². The van der Waals surface area contributed by atoms with Crippen LogP contribution in [0.15, 0.2) is 23.0 Å². The fourth-order valence-electron chi connectivity index (χ4n) is 2.15. The smallest absolute Gasteiger partial charge is 0.254 e. The number of aromatic nitrogens is 2. The average Bonchev–Trinajstić information content (AvgIpc) is 2.38. The predicted molar refractivity (Wildman–Crippen MR) is 75.7 cm³/mol. The zero-order valence-corrected chi connectivity index (χ0v) is 11.7. The van der Waals surface area contributed by atoms with E-state index >= 15 is 0 Å². The first-order valence-corrected chi connectivity index (χ1v) is 6.31. The summed E-state index contributed by atoms with van der Waals surface area (Å²) in [7, 11) is 1.61. The Morgan fingerprint density at radius 1 is 1.32 bits per heavy atom. The highest BCUT2D eigenvalue weighted by atomic mass is 16.5. The van der Waals surface area contributed by atoms with E-state index in [1.165, 1.54) is 0 Å². The fourth-order valence-corrected chi connectivity index (χ4v) is 2.15. The lowest BCUT2D eigenvalue weighted by molar-refractivity contribution is 0.416. The lowest BCUT2D eigenvalue weighted by atomic mass is 10.1. The molecule has 0 saturated carbocycles. The lowest BCUT2D eigenvalue weighted by Gasteiger charge is -2.10. The Kier molecular flexibility index (Phi) is 3.69. The van der Waals surface area contributed by atoms with Crippen molar-refractivity contribution in [1.29, 1.82) is 0 Å². The minimum absolute atomic E-state index is 0.0763. The number of nitrogens with one attached hydrogen (secondary N) is 1. The summed E-state index contributed by atoms with van der Waals surface area (Å²) in [6.07, 6.45) is 0.680. The molecule has 0 spiro atoms. The van der Waals surface area contributed by atoms with Crippen molar-refractivity contribution in [2.75, 3.05) is 7.11 Å². The van der Waals surface area contributed by atoms with Crippen LogP contribution in [-0.2, 0) is 6.42 Å². The first kappa shape index (κ1) is 13.3. The summed E-state index contributed by atoms with van der Waals surface area (Å²) >= 11 is 0. The van der Waals surface area contributed by atoms with Gasteiger partial charge < -0.3 is 9.72 Å². The molecule has 0 fully saturated rings. The number of hydrogen-bond acceptors (Lipinski definition) is 3. The van der Waals surface area contributed by atoms with Crippen LogP contribution >= 0.6 is 0 Å². The molecular weight excluding hydrogens is 240 g/mol. The summed E-state index contributed by atoms with van der Waals surface area (Å²) in [5.74, 6) is 1.27. The summed E-state index contributed by atoms with van der Waals surface area (Å²) in [4.78, 5) is 19.3. The third-order valence-corrected chi connectivity index (χ3v) is 3.19. The van der Waals surface area contributed by atoms with Gasteiger partial charge in [0.25, 0.3) is 5.56 Å². The molecule has 2 rings (SSSR count). The highest BCUT2D eigenvalue weighted by molar-refractivity contribution is 5.65. The molecule has 19 heavy (non-hydrogen) atoms. The molecule has 4 nitrogen and oxygen atoms in total. The predicted octanol–water partition coefficient (Wildman–Crippen LogP) is 2.62. The Morgan fingerprint density at radius 3 is 2.63 bits per heavy atom. The zero-order valence-electron chi connectivity index (χ0n) is 11.7. The Bertz CT molecular complexity index is 660. The van der Waals surface area contributed by atoms with Crippen LogP contribution in [0.25, 0.3) is 11.4 Å². The van der Waals surface area contributed by atoms with Gasteiger partial charge in [-0.1, -0.05) is 13.0 Å². The number of hydrogen-bond donors (Lipinski definition) is 1. The molecule has 0 aliphatic carbocycles. The number of rotatable bonds is 3. The van der Waals surface area contributed by atoms with Gasteiger partial charge in [0.2, 0.25) is 0 Å².